The summed E-state index contributed by atoms with van der Waals surface area (Å²) < 4.78 is 0.951. The molecule has 1 aromatic carbocycles. The number of halogens is 1. The molecule has 2 rings (SSSR count). The first-order valence-electron chi connectivity index (χ1n) is 6.06. The number of amides is 1. The molecule has 1 N–H and O–H groups in total. The van der Waals surface area contributed by atoms with Gasteiger partial charge < -0.3 is 5.32 Å². The topological polar surface area (TPSA) is 52.9 Å². The fourth-order valence-corrected chi connectivity index (χ4v) is 2.89. The van der Waals surface area contributed by atoms with Gasteiger partial charge in [-0.1, -0.05) is 15.9 Å². The van der Waals surface area contributed by atoms with Crippen molar-refractivity contribution in [2.45, 2.75) is 38.1 Å². The Morgan fingerprint density at radius 2 is 2.11 bits per heavy atom. The lowest BCUT2D eigenvalue weighted by atomic mass is 9.98. The molecule has 0 aliphatic heterocycles. The van der Waals surface area contributed by atoms with Crippen molar-refractivity contribution in [1.82, 2.24) is 5.32 Å². The Balaban J connectivity index is 2.19. The lowest BCUT2D eigenvalue weighted by Gasteiger charge is -2.22. The highest BCUT2D eigenvalue weighted by atomic mass is 79.9. The first-order chi connectivity index (χ1) is 8.56. The predicted octanol–water partition coefficient (Wildman–Crippen LogP) is 3.32. The van der Waals surface area contributed by atoms with E-state index in [1.54, 1.807) is 6.07 Å². The van der Waals surface area contributed by atoms with Crippen LogP contribution in [0.1, 0.15) is 41.6 Å². The van der Waals surface area contributed by atoms with Gasteiger partial charge in [0, 0.05) is 10.0 Å². The quantitative estimate of drug-likeness (QED) is 0.911. The van der Waals surface area contributed by atoms with Crippen LogP contribution >= 0.6 is 15.9 Å². The lowest BCUT2D eigenvalue weighted by molar-refractivity contribution is 0.0920. The number of nitrogens with zero attached hydrogens (tertiary/aromatic N) is 1. The third-order valence-electron chi connectivity index (χ3n) is 3.46. The van der Waals surface area contributed by atoms with Crippen LogP contribution in [-0.4, -0.2) is 11.4 Å². The van der Waals surface area contributed by atoms with E-state index in [0.29, 0.717) is 5.56 Å². The Kier molecular flexibility index (Phi) is 3.72. The summed E-state index contributed by atoms with van der Waals surface area (Å²) in [6.45, 7) is 1.90. The number of rotatable bonds is 2. The zero-order valence-corrected chi connectivity index (χ0v) is 11.9. The summed E-state index contributed by atoms with van der Waals surface area (Å²) in [6, 6.07) is 7.80. The Bertz CT molecular complexity index is 513. The number of aryl methyl sites for hydroxylation is 1. The molecular formula is C14H15BrN2O. The molecule has 1 saturated carbocycles. The van der Waals surface area contributed by atoms with Crippen molar-refractivity contribution in [2.75, 3.05) is 0 Å². The third-order valence-corrected chi connectivity index (χ3v) is 3.95. The molecule has 1 amide bonds. The molecule has 0 aromatic heterocycles. The lowest BCUT2D eigenvalue weighted by Crippen LogP contribution is -2.45. The van der Waals surface area contributed by atoms with Crippen LogP contribution in [0.5, 0.6) is 0 Å². The van der Waals surface area contributed by atoms with Crippen molar-refractivity contribution in [3.05, 3.63) is 33.8 Å². The Morgan fingerprint density at radius 1 is 1.44 bits per heavy atom. The average molecular weight is 307 g/mol. The molecule has 4 heteroatoms. The van der Waals surface area contributed by atoms with E-state index in [9.17, 15) is 10.1 Å². The van der Waals surface area contributed by atoms with Crippen LogP contribution in [0.15, 0.2) is 22.7 Å². The largest absolute Gasteiger partial charge is 0.334 e. The summed E-state index contributed by atoms with van der Waals surface area (Å²) in [7, 11) is 0. The van der Waals surface area contributed by atoms with Gasteiger partial charge in [-0.2, -0.15) is 5.26 Å². The van der Waals surface area contributed by atoms with Gasteiger partial charge in [0.25, 0.3) is 5.91 Å². The van der Waals surface area contributed by atoms with E-state index in [0.717, 1.165) is 35.7 Å². The predicted molar refractivity (Wildman–Crippen MR) is 73.2 cm³/mol. The number of carbonyl (C=O) groups is 1. The summed E-state index contributed by atoms with van der Waals surface area (Å²) in [6.07, 6.45) is 3.52. The second kappa shape index (κ2) is 5.11. The van der Waals surface area contributed by atoms with E-state index in [4.69, 9.17) is 0 Å². The minimum absolute atomic E-state index is 0.150. The van der Waals surface area contributed by atoms with Crippen LogP contribution < -0.4 is 5.32 Å². The number of hydrogen-bond acceptors (Lipinski definition) is 2. The number of hydrogen-bond donors (Lipinski definition) is 1. The molecule has 0 heterocycles. The van der Waals surface area contributed by atoms with Crippen LogP contribution in [0.4, 0.5) is 0 Å². The highest BCUT2D eigenvalue weighted by molar-refractivity contribution is 9.10. The maximum atomic E-state index is 12.2. The first kappa shape index (κ1) is 13.1. The van der Waals surface area contributed by atoms with Crippen molar-refractivity contribution < 1.29 is 4.79 Å². The summed E-state index contributed by atoms with van der Waals surface area (Å²) in [5.41, 5.74) is 0.893. The second-order valence-electron chi connectivity index (χ2n) is 4.81. The highest BCUT2D eigenvalue weighted by Crippen LogP contribution is 2.29. The van der Waals surface area contributed by atoms with Gasteiger partial charge in [0.2, 0.25) is 0 Å². The molecule has 1 fully saturated rings. The van der Waals surface area contributed by atoms with Crippen LogP contribution in [-0.2, 0) is 0 Å². The van der Waals surface area contributed by atoms with Gasteiger partial charge in [-0.15, -0.1) is 0 Å². The van der Waals surface area contributed by atoms with Crippen molar-refractivity contribution in [3.63, 3.8) is 0 Å². The summed E-state index contributed by atoms with van der Waals surface area (Å²) >= 11 is 3.37. The van der Waals surface area contributed by atoms with Crippen LogP contribution in [0, 0.1) is 18.3 Å². The molecule has 94 valence electrons. The Hall–Kier alpha value is -1.34. The number of nitriles is 1. The Morgan fingerprint density at radius 3 is 2.67 bits per heavy atom. The van der Waals surface area contributed by atoms with E-state index in [1.807, 2.05) is 19.1 Å². The standard InChI is InChI=1S/C14H15BrN2O/c1-10-8-11(15)4-5-12(10)13(18)17-14(9-16)6-2-3-7-14/h4-5,8H,2-3,6-7H2,1H3,(H,17,18). The molecule has 0 spiro atoms. The molecule has 0 bridgehead atoms. The number of benzene rings is 1. The number of carbonyl (C=O) groups excluding carboxylic acids is 1. The fraction of sp³-hybridized carbons (Fsp3) is 0.429. The molecule has 0 unspecified atom stereocenters. The average Bonchev–Trinajstić information content (AvgIpc) is 2.78. The third kappa shape index (κ3) is 2.56. The monoisotopic (exact) mass is 306 g/mol. The maximum absolute atomic E-state index is 12.2. The summed E-state index contributed by atoms with van der Waals surface area (Å²) in [4.78, 5) is 12.2. The van der Waals surface area contributed by atoms with Crippen LogP contribution in [0.2, 0.25) is 0 Å². The van der Waals surface area contributed by atoms with Crippen LogP contribution in [0.3, 0.4) is 0 Å². The van der Waals surface area contributed by atoms with Crippen molar-refractivity contribution in [3.8, 4) is 6.07 Å². The minimum Gasteiger partial charge on any atom is -0.334 e. The maximum Gasteiger partial charge on any atom is 0.252 e. The Labute approximate surface area is 115 Å². The number of nitrogens with one attached hydrogen (secondary N) is 1. The molecule has 3 nitrogen and oxygen atoms in total. The van der Waals surface area contributed by atoms with E-state index >= 15 is 0 Å². The zero-order valence-electron chi connectivity index (χ0n) is 10.3. The summed E-state index contributed by atoms with van der Waals surface area (Å²) in [5.74, 6) is -0.150. The van der Waals surface area contributed by atoms with E-state index in [2.05, 4.69) is 27.3 Å². The molecule has 0 atom stereocenters. The highest BCUT2D eigenvalue weighted by Gasteiger charge is 2.35. The molecule has 18 heavy (non-hydrogen) atoms. The van der Waals surface area contributed by atoms with E-state index in [-0.39, 0.29) is 5.91 Å². The van der Waals surface area contributed by atoms with Crippen molar-refractivity contribution in [1.29, 1.82) is 5.26 Å². The van der Waals surface area contributed by atoms with E-state index < -0.39 is 5.54 Å². The van der Waals surface area contributed by atoms with Crippen molar-refractivity contribution >= 4 is 21.8 Å². The van der Waals surface area contributed by atoms with Gasteiger partial charge in [0.1, 0.15) is 5.54 Å². The minimum atomic E-state index is -0.656. The smallest absolute Gasteiger partial charge is 0.252 e. The normalized spacial score (nSPS) is 17.2. The van der Waals surface area contributed by atoms with Crippen LogP contribution in [0.25, 0.3) is 0 Å². The molecule has 1 aromatic rings. The van der Waals surface area contributed by atoms with Gasteiger partial charge in [0.15, 0.2) is 0 Å². The molecule has 1 aliphatic rings. The van der Waals surface area contributed by atoms with Gasteiger partial charge in [-0.3, -0.25) is 4.79 Å². The van der Waals surface area contributed by atoms with Gasteiger partial charge >= 0.3 is 0 Å². The molecular weight excluding hydrogens is 292 g/mol. The zero-order chi connectivity index (χ0) is 13.2. The SMILES string of the molecule is Cc1cc(Br)ccc1C(=O)NC1(C#N)CCCC1. The fourth-order valence-electron chi connectivity index (χ4n) is 2.41. The van der Waals surface area contributed by atoms with Gasteiger partial charge in [-0.05, 0) is 56.4 Å². The molecule has 1 aliphatic carbocycles. The first-order valence-corrected chi connectivity index (χ1v) is 6.85. The van der Waals surface area contributed by atoms with Gasteiger partial charge in [-0.25, -0.2) is 0 Å². The van der Waals surface area contributed by atoms with Gasteiger partial charge in [0.05, 0.1) is 6.07 Å². The van der Waals surface area contributed by atoms with Crippen molar-refractivity contribution in [2.24, 2.45) is 0 Å². The second-order valence-corrected chi connectivity index (χ2v) is 5.73. The summed E-state index contributed by atoms with van der Waals surface area (Å²) in [5, 5.41) is 12.2. The molecule has 0 radical (unpaired) electrons. The van der Waals surface area contributed by atoms with E-state index in [1.165, 1.54) is 0 Å². The molecule has 0 saturated heterocycles.